The first-order chi connectivity index (χ1) is 26.7. The van der Waals surface area contributed by atoms with Gasteiger partial charge in [0.2, 0.25) is 11.8 Å². The average molecular weight is 740 g/mol. The molecule has 1 aliphatic rings. The van der Waals surface area contributed by atoms with Gasteiger partial charge < -0.3 is 25.9 Å². The Balaban J connectivity index is 0.937. The first kappa shape index (κ1) is 36.3. The van der Waals surface area contributed by atoms with Crippen LogP contribution in [-0.4, -0.2) is 64.2 Å². The van der Waals surface area contributed by atoms with Gasteiger partial charge in [-0.1, -0.05) is 60.7 Å². The molecule has 1 unspecified atom stereocenters. The van der Waals surface area contributed by atoms with Crippen molar-refractivity contribution in [1.82, 2.24) is 34.8 Å². The molecule has 4 heterocycles. The van der Waals surface area contributed by atoms with Crippen LogP contribution in [0.5, 0.6) is 11.9 Å². The molecule has 0 fully saturated rings. The Hall–Kier alpha value is -7.03. The molecule has 7 rings (SSSR count). The van der Waals surface area contributed by atoms with Gasteiger partial charge in [-0.3, -0.25) is 24.1 Å². The fourth-order valence-corrected chi connectivity index (χ4v) is 6.32. The van der Waals surface area contributed by atoms with Crippen LogP contribution in [0, 0.1) is 0 Å². The molecular weight excluding hydrogens is 702 g/mol. The van der Waals surface area contributed by atoms with Crippen LogP contribution < -0.4 is 20.9 Å². The van der Waals surface area contributed by atoms with E-state index < -0.39 is 17.9 Å². The number of aryl methyl sites for hydroxylation is 2. The van der Waals surface area contributed by atoms with Crippen LogP contribution in [0.1, 0.15) is 68.7 Å². The molecule has 278 valence electrons. The van der Waals surface area contributed by atoms with Crippen LogP contribution in [0.15, 0.2) is 91.4 Å². The summed E-state index contributed by atoms with van der Waals surface area (Å²) < 4.78 is 11.5. The molecule has 3 aromatic carbocycles. The third kappa shape index (κ3) is 8.62. The van der Waals surface area contributed by atoms with Crippen LogP contribution in [0.4, 0.5) is 11.8 Å². The highest BCUT2D eigenvalue weighted by atomic mass is 16.5. The molecular formula is C40H37N9O6. The predicted octanol–water partition coefficient (Wildman–Crippen LogP) is 4.61. The molecule has 1 atom stereocenters. The molecule has 55 heavy (non-hydrogen) atoms. The van der Waals surface area contributed by atoms with Gasteiger partial charge in [-0.25, -0.2) is 9.97 Å². The number of anilines is 2. The highest BCUT2D eigenvalue weighted by Crippen LogP contribution is 2.28. The molecule has 0 radical (unpaired) electrons. The minimum absolute atomic E-state index is 0.0331. The van der Waals surface area contributed by atoms with Crippen LogP contribution >= 0.6 is 0 Å². The number of Topliss-reactive ketones (excluding diaryl/α,β-unsaturated/α-hetero) is 2. The van der Waals surface area contributed by atoms with Crippen molar-refractivity contribution in [1.29, 1.82) is 0 Å². The van der Waals surface area contributed by atoms with Gasteiger partial charge in [0.25, 0.3) is 11.8 Å². The molecule has 15 nitrogen and oxygen atoms in total. The number of aromatic amines is 1. The van der Waals surface area contributed by atoms with Crippen molar-refractivity contribution in [2.24, 2.45) is 0 Å². The number of hydrogen-bond donors (Lipinski definition) is 3. The summed E-state index contributed by atoms with van der Waals surface area (Å²) in [6.45, 7) is 0.466. The zero-order chi connectivity index (χ0) is 38.3. The van der Waals surface area contributed by atoms with Crippen molar-refractivity contribution in [3.63, 3.8) is 0 Å². The van der Waals surface area contributed by atoms with E-state index in [2.05, 4.69) is 29.9 Å². The smallest absolute Gasteiger partial charge is 0.318 e. The SMILES string of the molecule is Nc1ccnc(OCc2ccc(CCC(=O)C(CCC(=O)CCc3ccc(COc4nc(N)nc5nc[nH]c45)cc3)N3C(=O)c4ccccc4C3=O)cc2)n1. The Bertz CT molecular complexity index is 2330. The maximum Gasteiger partial charge on any atom is 0.318 e. The quantitative estimate of drug-likeness (QED) is 0.109. The van der Waals surface area contributed by atoms with E-state index in [9.17, 15) is 19.2 Å². The molecule has 3 aromatic heterocycles. The number of imide groups is 1. The van der Waals surface area contributed by atoms with E-state index in [1.807, 2.05) is 48.5 Å². The predicted molar refractivity (Wildman–Crippen MR) is 201 cm³/mol. The van der Waals surface area contributed by atoms with E-state index in [-0.39, 0.29) is 73.5 Å². The number of H-pyrrole nitrogens is 1. The van der Waals surface area contributed by atoms with Crippen LogP contribution in [0.3, 0.4) is 0 Å². The summed E-state index contributed by atoms with van der Waals surface area (Å²) in [6, 6.07) is 22.4. The molecule has 0 saturated carbocycles. The van der Waals surface area contributed by atoms with Gasteiger partial charge in [0, 0.05) is 25.5 Å². The standard InChI is InChI=1S/C40H37N9O6/c41-33-19-20-43-40(46-33)55-22-27-11-7-25(8-12-27)14-18-32(51)31(49-37(52)29-3-1-2-4-30(29)38(49)53)17-16-28(50)15-13-24-5-9-26(10-6-24)21-54-36-34-35(45-23-44-34)47-39(42)48-36/h1-12,19-20,23,31H,13-18,21-22H2,(H2,41,43,46)(H3,42,44,45,47,48). The van der Waals surface area contributed by atoms with Gasteiger partial charge in [-0.05, 0) is 59.7 Å². The van der Waals surface area contributed by atoms with Crippen LogP contribution in [0.2, 0.25) is 0 Å². The number of aromatic nitrogens is 6. The Morgan fingerprint density at radius 3 is 1.98 bits per heavy atom. The number of nitrogens with one attached hydrogen (secondary N) is 1. The maximum absolute atomic E-state index is 13.8. The largest absolute Gasteiger partial charge is 0.471 e. The van der Waals surface area contributed by atoms with Crippen LogP contribution in [-0.2, 0) is 35.6 Å². The fraction of sp³-hybridized carbons (Fsp3) is 0.225. The van der Waals surface area contributed by atoms with Crippen LogP contribution in [0.25, 0.3) is 11.2 Å². The number of nitrogens with two attached hydrogens (primary N) is 2. The summed E-state index contributed by atoms with van der Waals surface area (Å²) in [7, 11) is 0. The molecule has 6 aromatic rings. The third-order valence-corrected chi connectivity index (χ3v) is 9.27. The van der Waals surface area contributed by atoms with E-state index in [4.69, 9.17) is 20.9 Å². The van der Waals surface area contributed by atoms with Gasteiger partial charge >= 0.3 is 6.01 Å². The third-order valence-electron chi connectivity index (χ3n) is 9.27. The number of benzene rings is 3. The number of ketones is 2. The van der Waals surface area contributed by atoms with E-state index in [1.54, 1.807) is 30.3 Å². The second-order valence-electron chi connectivity index (χ2n) is 13.0. The van der Waals surface area contributed by atoms with Crippen molar-refractivity contribution >= 4 is 46.3 Å². The number of amides is 2. The molecule has 0 aliphatic carbocycles. The number of hydrogen-bond acceptors (Lipinski definition) is 13. The molecule has 5 N–H and O–H groups in total. The number of carbonyl (C=O) groups is 4. The lowest BCUT2D eigenvalue weighted by Gasteiger charge is -2.25. The number of fused-ring (bicyclic) bond motifs is 2. The monoisotopic (exact) mass is 739 g/mol. The summed E-state index contributed by atoms with van der Waals surface area (Å²) in [5, 5.41) is 0. The van der Waals surface area contributed by atoms with Gasteiger partial charge in [0.1, 0.15) is 30.3 Å². The number of rotatable bonds is 17. The molecule has 0 saturated heterocycles. The molecule has 15 heteroatoms. The topological polar surface area (TPSA) is 222 Å². The fourth-order valence-electron chi connectivity index (χ4n) is 6.32. The Kier molecular flexibility index (Phi) is 10.8. The second kappa shape index (κ2) is 16.3. The minimum atomic E-state index is -1.07. The summed E-state index contributed by atoms with van der Waals surface area (Å²) in [6.07, 6.45) is 4.25. The maximum atomic E-state index is 13.8. The Morgan fingerprint density at radius 1 is 0.709 bits per heavy atom. The summed E-state index contributed by atoms with van der Waals surface area (Å²) in [4.78, 5) is 78.2. The lowest BCUT2D eigenvalue weighted by molar-refractivity contribution is -0.123. The van der Waals surface area contributed by atoms with E-state index >= 15 is 0 Å². The van der Waals surface area contributed by atoms with E-state index in [0.29, 0.717) is 35.7 Å². The highest BCUT2D eigenvalue weighted by Gasteiger charge is 2.42. The molecule has 1 aliphatic heterocycles. The first-order valence-corrected chi connectivity index (χ1v) is 17.7. The number of ether oxygens (including phenoxy) is 2. The van der Waals surface area contributed by atoms with E-state index in [0.717, 1.165) is 27.2 Å². The minimum Gasteiger partial charge on any atom is -0.471 e. The molecule has 0 spiro atoms. The summed E-state index contributed by atoms with van der Waals surface area (Å²) in [5.74, 6) is -0.747. The van der Waals surface area contributed by atoms with Crippen molar-refractivity contribution in [2.75, 3.05) is 11.5 Å². The highest BCUT2D eigenvalue weighted by molar-refractivity contribution is 6.23. The number of nitrogens with zero attached hydrogens (tertiary/aromatic N) is 6. The lowest BCUT2D eigenvalue weighted by Crippen LogP contribution is -2.45. The average Bonchev–Trinajstić information content (AvgIpc) is 3.77. The van der Waals surface area contributed by atoms with Crippen molar-refractivity contribution in [2.45, 2.75) is 57.8 Å². The van der Waals surface area contributed by atoms with E-state index in [1.165, 1.54) is 12.5 Å². The normalized spacial score (nSPS) is 12.8. The second-order valence-corrected chi connectivity index (χ2v) is 13.0. The zero-order valence-electron chi connectivity index (χ0n) is 29.7. The molecule has 0 bridgehead atoms. The van der Waals surface area contributed by atoms with Gasteiger partial charge in [-0.15, -0.1) is 0 Å². The zero-order valence-corrected chi connectivity index (χ0v) is 29.7. The number of carbonyl (C=O) groups excluding carboxylic acids is 4. The Labute approximate surface area is 315 Å². The summed E-state index contributed by atoms with van der Waals surface area (Å²) >= 11 is 0. The lowest BCUT2D eigenvalue weighted by atomic mass is 9.96. The van der Waals surface area contributed by atoms with Gasteiger partial charge in [0.05, 0.1) is 23.5 Å². The van der Waals surface area contributed by atoms with Crippen molar-refractivity contribution in [3.05, 3.63) is 125 Å². The first-order valence-electron chi connectivity index (χ1n) is 17.7. The van der Waals surface area contributed by atoms with Gasteiger partial charge in [0.15, 0.2) is 11.4 Å². The number of imidazole rings is 1. The Morgan fingerprint density at radius 2 is 1.33 bits per heavy atom. The van der Waals surface area contributed by atoms with Gasteiger partial charge in [-0.2, -0.15) is 15.0 Å². The van der Waals surface area contributed by atoms with Crippen molar-refractivity contribution < 1.29 is 28.7 Å². The molecule has 2 amide bonds. The summed E-state index contributed by atoms with van der Waals surface area (Å²) in [5.41, 5.74) is 16.5. The number of nitrogen functional groups attached to an aromatic ring is 2. The van der Waals surface area contributed by atoms with Crippen molar-refractivity contribution in [3.8, 4) is 11.9 Å².